The van der Waals surface area contributed by atoms with Crippen LogP contribution in [0.1, 0.15) is 34.8 Å². The zero-order chi connectivity index (χ0) is 16.0. The molecule has 4 nitrogen and oxygen atoms in total. The summed E-state index contributed by atoms with van der Waals surface area (Å²) in [5.41, 5.74) is 1.88. The molecule has 2 aromatic rings. The van der Waals surface area contributed by atoms with Crippen molar-refractivity contribution in [3.63, 3.8) is 0 Å². The summed E-state index contributed by atoms with van der Waals surface area (Å²) in [6.45, 7) is 1.93. The quantitative estimate of drug-likeness (QED) is 0.894. The number of benzene rings is 1. The number of nitrogens with zero attached hydrogens (tertiary/aromatic N) is 1. The predicted molar refractivity (Wildman–Crippen MR) is 93.1 cm³/mol. The number of rotatable bonds is 3. The third kappa shape index (κ3) is 2.89. The predicted octanol–water partition coefficient (Wildman–Crippen LogP) is 3.39. The number of hydrogen-bond acceptors (Lipinski definition) is 4. The Morgan fingerprint density at radius 1 is 1.43 bits per heavy atom. The fourth-order valence-electron chi connectivity index (χ4n) is 3.60. The third-order valence-corrected chi connectivity index (χ3v) is 6.13. The van der Waals surface area contributed by atoms with Crippen LogP contribution < -0.4 is 10.6 Å². The molecule has 1 amide bonds. The highest BCUT2D eigenvalue weighted by Crippen LogP contribution is 2.32. The van der Waals surface area contributed by atoms with Crippen LogP contribution in [-0.4, -0.2) is 29.0 Å². The van der Waals surface area contributed by atoms with Crippen molar-refractivity contribution < 1.29 is 4.79 Å². The molecule has 0 saturated carbocycles. The maximum atomic E-state index is 12.5. The van der Waals surface area contributed by atoms with Gasteiger partial charge in [-0.05, 0) is 43.9 Å². The molecule has 6 heteroatoms. The van der Waals surface area contributed by atoms with Crippen LogP contribution >= 0.6 is 22.9 Å². The second-order valence-corrected chi connectivity index (χ2v) is 7.74. The summed E-state index contributed by atoms with van der Waals surface area (Å²) < 4.78 is 0. The van der Waals surface area contributed by atoms with Crippen molar-refractivity contribution >= 4 is 28.8 Å². The Hall–Kier alpha value is -1.43. The fraction of sp³-hybridized carbons (Fsp3) is 0.412. The molecule has 2 bridgehead atoms. The van der Waals surface area contributed by atoms with Gasteiger partial charge in [0.05, 0.1) is 10.6 Å². The summed E-state index contributed by atoms with van der Waals surface area (Å²) in [5.74, 6) is -0.0641. The molecule has 2 aliphatic rings. The average Bonchev–Trinajstić information content (AvgIpc) is 3.22. The first kappa shape index (κ1) is 15.1. The van der Waals surface area contributed by atoms with Gasteiger partial charge < -0.3 is 10.6 Å². The van der Waals surface area contributed by atoms with Crippen LogP contribution in [0.15, 0.2) is 24.3 Å². The number of fused-ring (bicyclic) bond motifs is 2. The van der Waals surface area contributed by atoms with E-state index >= 15 is 0 Å². The molecule has 1 aromatic carbocycles. The van der Waals surface area contributed by atoms with Gasteiger partial charge in [0.2, 0.25) is 0 Å². The summed E-state index contributed by atoms with van der Waals surface area (Å²) in [7, 11) is 0. The highest BCUT2D eigenvalue weighted by molar-refractivity contribution is 7.17. The lowest BCUT2D eigenvalue weighted by atomic mass is 9.95. The van der Waals surface area contributed by atoms with Gasteiger partial charge in [0.25, 0.3) is 5.91 Å². The fourth-order valence-corrected chi connectivity index (χ4v) is 4.76. The molecule has 2 aliphatic heterocycles. The Labute approximate surface area is 144 Å². The average molecular weight is 348 g/mol. The summed E-state index contributed by atoms with van der Waals surface area (Å²) in [6, 6.07) is 8.90. The molecular weight excluding hydrogens is 330 g/mol. The molecular formula is C17H18ClN3OS. The van der Waals surface area contributed by atoms with E-state index < -0.39 is 0 Å². The number of aryl methyl sites for hydroxylation is 1. The Morgan fingerprint density at radius 2 is 2.30 bits per heavy atom. The van der Waals surface area contributed by atoms with E-state index in [0.29, 0.717) is 22.1 Å². The van der Waals surface area contributed by atoms with Gasteiger partial charge in [0.15, 0.2) is 5.01 Å². The Morgan fingerprint density at radius 3 is 3.00 bits per heavy atom. The lowest BCUT2D eigenvalue weighted by Crippen LogP contribution is -2.42. The van der Waals surface area contributed by atoms with Gasteiger partial charge in [-0.3, -0.25) is 4.79 Å². The first-order valence-corrected chi connectivity index (χ1v) is 9.10. The van der Waals surface area contributed by atoms with Gasteiger partial charge in [-0.25, -0.2) is 4.98 Å². The number of halogens is 1. The summed E-state index contributed by atoms with van der Waals surface area (Å²) >= 11 is 7.49. The molecule has 23 heavy (non-hydrogen) atoms. The SMILES string of the molecule is Cc1nc(C(=O)N[C@@H]2C[C@H]3CC[C@@H]2N3)sc1-c1cccc(Cl)c1. The lowest BCUT2D eigenvalue weighted by molar-refractivity contribution is 0.0930. The van der Waals surface area contributed by atoms with Crippen molar-refractivity contribution in [1.82, 2.24) is 15.6 Å². The van der Waals surface area contributed by atoms with Gasteiger partial charge in [-0.2, -0.15) is 0 Å². The minimum Gasteiger partial charge on any atom is -0.346 e. The molecule has 1 aromatic heterocycles. The second kappa shape index (κ2) is 5.89. The molecule has 2 saturated heterocycles. The Kier molecular flexibility index (Phi) is 3.87. The van der Waals surface area contributed by atoms with Crippen LogP contribution in [0.3, 0.4) is 0 Å². The van der Waals surface area contributed by atoms with E-state index in [-0.39, 0.29) is 11.9 Å². The summed E-state index contributed by atoms with van der Waals surface area (Å²) in [4.78, 5) is 18.0. The largest absolute Gasteiger partial charge is 0.346 e. The van der Waals surface area contributed by atoms with Crippen molar-refractivity contribution in [2.75, 3.05) is 0 Å². The van der Waals surface area contributed by atoms with Crippen molar-refractivity contribution in [3.8, 4) is 10.4 Å². The topological polar surface area (TPSA) is 54.0 Å². The minimum atomic E-state index is -0.0641. The molecule has 3 heterocycles. The molecule has 120 valence electrons. The molecule has 0 aliphatic carbocycles. The van der Waals surface area contributed by atoms with Crippen LogP contribution in [0.4, 0.5) is 0 Å². The van der Waals surface area contributed by atoms with Gasteiger partial charge in [-0.15, -0.1) is 11.3 Å². The smallest absolute Gasteiger partial charge is 0.280 e. The van der Waals surface area contributed by atoms with E-state index in [4.69, 9.17) is 11.6 Å². The molecule has 0 radical (unpaired) electrons. The number of carbonyl (C=O) groups is 1. The zero-order valence-corrected chi connectivity index (χ0v) is 14.4. The van der Waals surface area contributed by atoms with Crippen molar-refractivity contribution in [2.45, 2.75) is 44.3 Å². The number of aromatic nitrogens is 1. The molecule has 3 atom stereocenters. The van der Waals surface area contributed by atoms with Gasteiger partial charge in [0.1, 0.15) is 0 Å². The monoisotopic (exact) mass is 347 g/mol. The molecule has 0 unspecified atom stereocenters. The molecule has 2 N–H and O–H groups in total. The highest BCUT2D eigenvalue weighted by Gasteiger charge is 2.40. The van der Waals surface area contributed by atoms with E-state index in [0.717, 1.165) is 29.0 Å². The lowest BCUT2D eigenvalue weighted by Gasteiger charge is -2.20. The number of thiazole rings is 1. The Balaban J connectivity index is 1.53. The minimum absolute atomic E-state index is 0.0641. The van der Waals surface area contributed by atoms with Gasteiger partial charge in [-0.1, -0.05) is 23.7 Å². The molecule has 4 rings (SSSR count). The number of hydrogen-bond donors (Lipinski definition) is 2. The standard InChI is InChI=1S/C17H18ClN3OS/c1-9-15(10-3-2-4-11(18)7-10)23-17(19-9)16(22)21-14-8-12-5-6-13(14)20-12/h2-4,7,12-14,20H,5-6,8H2,1H3,(H,21,22)/t12-,13+,14-/m1/s1. The van der Waals surface area contributed by atoms with Crippen molar-refractivity contribution in [3.05, 3.63) is 40.0 Å². The van der Waals surface area contributed by atoms with Crippen LogP contribution in [0, 0.1) is 6.92 Å². The highest BCUT2D eigenvalue weighted by atomic mass is 35.5. The van der Waals surface area contributed by atoms with Gasteiger partial charge >= 0.3 is 0 Å². The van der Waals surface area contributed by atoms with E-state index in [1.54, 1.807) is 0 Å². The second-order valence-electron chi connectivity index (χ2n) is 6.31. The van der Waals surface area contributed by atoms with Crippen LogP contribution in [0.5, 0.6) is 0 Å². The third-order valence-electron chi connectivity index (χ3n) is 4.69. The maximum Gasteiger partial charge on any atom is 0.280 e. The van der Waals surface area contributed by atoms with E-state index in [2.05, 4.69) is 15.6 Å². The van der Waals surface area contributed by atoms with Crippen molar-refractivity contribution in [2.24, 2.45) is 0 Å². The van der Waals surface area contributed by atoms with Crippen molar-refractivity contribution in [1.29, 1.82) is 0 Å². The first-order chi connectivity index (χ1) is 11.1. The van der Waals surface area contributed by atoms with Crippen LogP contribution in [-0.2, 0) is 0 Å². The number of nitrogens with one attached hydrogen (secondary N) is 2. The zero-order valence-electron chi connectivity index (χ0n) is 12.8. The van der Waals surface area contributed by atoms with Crippen LogP contribution in [0.25, 0.3) is 10.4 Å². The normalized spacial score (nSPS) is 25.7. The Bertz CT molecular complexity index is 760. The van der Waals surface area contributed by atoms with Gasteiger partial charge in [0, 0.05) is 23.1 Å². The summed E-state index contributed by atoms with van der Waals surface area (Å²) in [5, 5.41) is 7.90. The molecule has 2 fully saturated rings. The maximum absolute atomic E-state index is 12.5. The number of carbonyl (C=O) groups excluding carboxylic acids is 1. The first-order valence-electron chi connectivity index (χ1n) is 7.90. The van der Waals surface area contributed by atoms with E-state index in [1.165, 1.54) is 17.8 Å². The van der Waals surface area contributed by atoms with E-state index in [9.17, 15) is 4.79 Å². The number of amides is 1. The van der Waals surface area contributed by atoms with E-state index in [1.807, 2.05) is 31.2 Å². The summed E-state index contributed by atoms with van der Waals surface area (Å²) in [6.07, 6.45) is 3.41. The van der Waals surface area contributed by atoms with Crippen LogP contribution in [0.2, 0.25) is 5.02 Å². The molecule has 0 spiro atoms.